The highest BCUT2D eigenvalue weighted by atomic mass is 32.1. The fourth-order valence-electron chi connectivity index (χ4n) is 2.32. The van der Waals surface area contributed by atoms with Gasteiger partial charge in [-0.25, -0.2) is 9.97 Å². The quantitative estimate of drug-likeness (QED) is 0.555. The molecule has 0 fully saturated rings. The van der Waals surface area contributed by atoms with Crippen LogP contribution >= 0.6 is 12.6 Å². The van der Waals surface area contributed by atoms with Crippen molar-refractivity contribution >= 4 is 18.5 Å². The van der Waals surface area contributed by atoms with Crippen molar-refractivity contribution in [2.45, 2.75) is 11.4 Å². The first-order chi connectivity index (χ1) is 11.7. The van der Waals surface area contributed by atoms with Gasteiger partial charge < -0.3 is 5.32 Å². The van der Waals surface area contributed by atoms with Gasteiger partial charge in [-0.3, -0.25) is 4.79 Å². The van der Waals surface area contributed by atoms with Crippen LogP contribution in [0.25, 0.3) is 11.4 Å². The molecule has 0 bridgehead atoms. The number of benzene rings is 2. The predicted octanol–water partition coefficient (Wildman–Crippen LogP) is 3.40. The van der Waals surface area contributed by atoms with Crippen LogP contribution in [0.15, 0.2) is 71.9 Å². The second-order valence-electron chi connectivity index (χ2n) is 5.29. The fraction of sp³-hybridized carbons (Fsp3) is 0.105. The zero-order valence-electron chi connectivity index (χ0n) is 13.0. The maximum absolute atomic E-state index is 12.3. The molecule has 0 spiro atoms. The zero-order chi connectivity index (χ0) is 16.8. The summed E-state index contributed by atoms with van der Waals surface area (Å²) in [6.07, 6.45) is 2.30. The highest BCUT2D eigenvalue weighted by Gasteiger charge is 2.12. The monoisotopic (exact) mass is 335 g/mol. The van der Waals surface area contributed by atoms with Crippen LogP contribution in [-0.4, -0.2) is 22.4 Å². The van der Waals surface area contributed by atoms with Crippen LogP contribution in [0, 0.1) is 0 Å². The van der Waals surface area contributed by atoms with E-state index in [0.717, 1.165) is 12.0 Å². The van der Waals surface area contributed by atoms with Gasteiger partial charge in [0.1, 0.15) is 5.03 Å². The van der Waals surface area contributed by atoms with E-state index in [1.54, 1.807) is 0 Å². The van der Waals surface area contributed by atoms with E-state index in [9.17, 15) is 4.79 Å². The molecule has 0 unspecified atom stereocenters. The Balaban J connectivity index is 1.65. The summed E-state index contributed by atoms with van der Waals surface area (Å²) in [7, 11) is 0. The first kappa shape index (κ1) is 16.2. The lowest BCUT2D eigenvalue weighted by atomic mass is 10.1. The minimum absolute atomic E-state index is 0.212. The second kappa shape index (κ2) is 7.75. The Kier molecular flexibility index (Phi) is 5.23. The number of rotatable bonds is 5. The van der Waals surface area contributed by atoms with Crippen LogP contribution in [0.4, 0.5) is 0 Å². The molecule has 4 nitrogen and oxygen atoms in total. The van der Waals surface area contributed by atoms with Crippen molar-refractivity contribution in [2.75, 3.05) is 6.54 Å². The van der Waals surface area contributed by atoms with Crippen LogP contribution < -0.4 is 5.32 Å². The number of carbonyl (C=O) groups excluding carboxylic acids is 1. The Bertz CT molecular complexity index is 823. The molecule has 120 valence electrons. The van der Waals surface area contributed by atoms with E-state index < -0.39 is 0 Å². The van der Waals surface area contributed by atoms with E-state index in [1.165, 1.54) is 11.8 Å². The van der Waals surface area contributed by atoms with E-state index in [-0.39, 0.29) is 5.91 Å². The SMILES string of the molecule is O=C(NCCc1ccccc1)c1cnc(-c2ccccc2)nc1S. The molecule has 5 heteroatoms. The van der Waals surface area contributed by atoms with Crippen molar-refractivity contribution < 1.29 is 4.79 Å². The summed E-state index contributed by atoms with van der Waals surface area (Å²) in [5, 5.41) is 3.26. The number of nitrogens with one attached hydrogen (secondary N) is 1. The van der Waals surface area contributed by atoms with E-state index >= 15 is 0 Å². The predicted molar refractivity (Wildman–Crippen MR) is 97.2 cm³/mol. The number of carbonyl (C=O) groups is 1. The van der Waals surface area contributed by atoms with Gasteiger partial charge in [0, 0.05) is 18.3 Å². The van der Waals surface area contributed by atoms with Gasteiger partial charge in [-0.05, 0) is 12.0 Å². The van der Waals surface area contributed by atoms with Crippen molar-refractivity contribution in [1.29, 1.82) is 0 Å². The maximum atomic E-state index is 12.3. The van der Waals surface area contributed by atoms with Gasteiger partial charge in [0.25, 0.3) is 5.91 Å². The molecule has 1 aromatic heterocycles. The van der Waals surface area contributed by atoms with E-state index in [2.05, 4.69) is 27.9 Å². The Hall–Kier alpha value is -2.66. The van der Waals surface area contributed by atoms with E-state index in [1.807, 2.05) is 60.7 Å². The topological polar surface area (TPSA) is 54.9 Å². The molecule has 24 heavy (non-hydrogen) atoms. The molecular formula is C19H17N3OS. The first-order valence-corrected chi connectivity index (χ1v) is 8.12. The van der Waals surface area contributed by atoms with Crippen molar-refractivity contribution in [3.05, 3.63) is 78.0 Å². The highest BCUT2D eigenvalue weighted by Crippen LogP contribution is 2.18. The molecule has 0 aliphatic carbocycles. The summed E-state index contributed by atoms with van der Waals surface area (Å²) >= 11 is 4.34. The van der Waals surface area contributed by atoms with Crippen LogP contribution in [0.2, 0.25) is 0 Å². The molecule has 1 heterocycles. The average Bonchev–Trinajstić information content (AvgIpc) is 2.63. The lowest BCUT2D eigenvalue weighted by Gasteiger charge is -2.08. The van der Waals surface area contributed by atoms with Crippen LogP contribution in [0.5, 0.6) is 0 Å². The molecule has 0 saturated carbocycles. The number of nitrogens with zero attached hydrogens (tertiary/aromatic N) is 2. The summed E-state index contributed by atoms with van der Waals surface area (Å²) < 4.78 is 0. The minimum Gasteiger partial charge on any atom is -0.352 e. The third-order valence-electron chi connectivity index (χ3n) is 3.59. The molecule has 0 aliphatic rings. The third-order valence-corrected chi connectivity index (χ3v) is 3.93. The standard InChI is InChI=1S/C19H17N3OS/c23-18(20-12-11-14-7-3-1-4-8-14)16-13-21-17(22-19(16)24)15-9-5-2-6-10-15/h1-10,13H,11-12H2,(H,20,23)(H,21,22,24). The molecule has 0 aliphatic heterocycles. The van der Waals surface area contributed by atoms with Gasteiger partial charge in [-0.2, -0.15) is 0 Å². The molecule has 2 aromatic carbocycles. The molecule has 1 amide bonds. The van der Waals surface area contributed by atoms with E-state index in [4.69, 9.17) is 0 Å². The van der Waals surface area contributed by atoms with Crippen LogP contribution in [-0.2, 0) is 6.42 Å². The van der Waals surface area contributed by atoms with Gasteiger partial charge in [0.15, 0.2) is 5.82 Å². The van der Waals surface area contributed by atoms with Gasteiger partial charge in [-0.1, -0.05) is 60.7 Å². The van der Waals surface area contributed by atoms with Gasteiger partial charge in [0.2, 0.25) is 0 Å². The lowest BCUT2D eigenvalue weighted by Crippen LogP contribution is -2.26. The normalized spacial score (nSPS) is 10.4. The van der Waals surface area contributed by atoms with Crippen molar-refractivity contribution in [2.24, 2.45) is 0 Å². The third kappa shape index (κ3) is 4.00. The fourth-order valence-corrected chi connectivity index (χ4v) is 2.57. The summed E-state index contributed by atoms with van der Waals surface area (Å²) in [6, 6.07) is 19.6. The summed E-state index contributed by atoms with van der Waals surface area (Å²) in [6.45, 7) is 0.552. The summed E-state index contributed by atoms with van der Waals surface area (Å²) in [5.41, 5.74) is 2.45. The van der Waals surface area contributed by atoms with Crippen LogP contribution in [0.3, 0.4) is 0 Å². The molecule has 3 rings (SSSR count). The van der Waals surface area contributed by atoms with Crippen molar-refractivity contribution in [1.82, 2.24) is 15.3 Å². The number of hydrogen-bond donors (Lipinski definition) is 2. The number of amides is 1. The molecule has 1 N–H and O–H groups in total. The van der Waals surface area contributed by atoms with E-state index in [0.29, 0.717) is 23.0 Å². The van der Waals surface area contributed by atoms with Gasteiger partial charge >= 0.3 is 0 Å². The number of hydrogen-bond acceptors (Lipinski definition) is 4. The smallest absolute Gasteiger partial charge is 0.255 e. The van der Waals surface area contributed by atoms with Crippen molar-refractivity contribution in [3.8, 4) is 11.4 Å². The highest BCUT2D eigenvalue weighted by molar-refractivity contribution is 7.80. The van der Waals surface area contributed by atoms with Gasteiger partial charge in [-0.15, -0.1) is 12.6 Å². The zero-order valence-corrected chi connectivity index (χ0v) is 13.9. The number of thiol groups is 1. The second-order valence-corrected chi connectivity index (χ2v) is 5.71. The van der Waals surface area contributed by atoms with Crippen LogP contribution in [0.1, 0.15) is 15.9 Å². The lowest BCUT2D eigenvalue weighted by molar-refractivity contribution is 0.0950. The Morgan fingerprint density at radius 2 is 1.67 bits per heavy atom. The molecule has 3 aromatic rings. The molecule has 0 atom stereocenters. The Morgan fingerprint density at radius 1 is 1.00 bits per heavy atom. The largest absolute Gasteiger partial charge is 0.352 e. The molecule has 0 radical (unpaired) electrons. The average molecular weight is 335 g/mol. The minimum atomic E-state index is -0.212. The first-order valence-electron chi connectivity index (χ1n) is 7.67. The summed E-state index contributed by atoms with van der Waals surface area (Å²) in [5.74, 6) is 0.344. The van der Waals surface area contributed by atoms with Crippen molar-refractivity contribution in [3.63, 3.8) is 0 Å². The Morgan fingerprint density at radius 3 is 2.33 bits per heavy atom. The number of aromatic nitrogens is 2. The van der Waals surface area contributed by atoms with Gasteiger partial charge in [0.05, 0.1) is 5.56 Å². The summed E-state index contributed by atoms with van der Waals surface area (Å²) in [4.78, 5) is 20.9. The maximum Gasteiger partial charge on any atom is 0.255 e. The molecule has 0 saturated heterocycles. The Labute approximate surface area is 146 Å². The molecular weight excluding hydrogens is 318 g/mol.